The number of ether oxygens (including phenoxy) is 2. The van der Waals surface area contributed by atoms with E-state index in [-0.39, 0.29) is 18.2 Å². The average molecular weight is 425 g/mol. The molecule has 1 heterocycles. The number of aromatic nitrogens is 2. The molecule has 29 heavy (non-hydrogen) atoms. The number of thioether (sulfide) groups is 1. The van der Waals surface area contributed by atoms with Crippen LogP contribution < -0.4 is 10.2 Å². The molecule has 0 aromatic carbocycles. The van der Waals surface area contributed by atoms with Crippen molar-refractivity contribution in [2.45, 2.75) is 76.2 Å². The lowest BCUT2D eigenvalue weighted by Crippen LogP contribution is -2.44. The van der Waals surface area contributed by atoms with Crippen LogP contribution >= 0.6 is 11.8 Å². The second-order valence-electron chi connectivity index (χ2n) is 8.08. The van der Waals surface area contributed by atoms with Gasteiger partial charge in [-0.05, 0) is 59.6 Å². The highest BCUT2D eigenvalue weighted by Crippen LogP contribution is 2.29. The van der Waals surface area contributed by atoms with E-state index in [0.29, 0.717) is 23.1 Å². The van der Waals surface area contributed by atoms with Crippen molar-refractivity contribution in [3.05, 3.63) is 11.8 Å². The van der Waals surface area contributed by atoms with Crippen LogP contribution in [-0.2, 0) is 9.47 Å². The molecule has 162 valence electrons. The van der Waals surface area contributed by atoms with Crippen molar-refractivity contribution in [1.29, 1.82) is 0 Å². The summed E-state index contributed by atoms with van der Waals surface area (Å²) >= 11 is 1.43. The van der Waals surface area contributed by atoms with E-state index in [1.807, 2.05) is 39.0 Å². The van der Waals surface area contributed by atoms with Crippen molar-refractivity contribution < 1.29 is 19.1 Å². The summed E-state index contributed by atoms with van der Waals surface area (Å²) in [6.45, 7) is 7.63. The average Bonchev–Trinajstić information content (AvgIpc) is 2.66. The van der Waals surface area contributed by atoms with Crippen molar-refractivity contribution in [2.75, 3.05) is 24.8 Å². The first-order chi connectivity index (χ1) is 13.6. The number of amides is 1. The fraction of sp³-hybridized carbons (Fsp3) is 0.700. The summed E-state index contributed by atoms with van der Waals surface area (Å²) in [4.78, 5) is 35.2. The highest BCUT2D eigenvalue weighted by atomic mass is 32.2. The van der Waals surface area contributed by atoms with E-state index >= 15 is 0 Å². The van der Waals surface area contributed by atoms with Gasteiger partial charge >= 0.3 is 12.1 Å². The van der Waals surface area contributed by atoms with E-state index in [1.54, 1.807) is 13.1 Å². The summed E-state index contributed by atoms with van der Waals surface area (Å²) in [7, 11) is 1.95. The lowest BCUT2D eigenvalue weighted by atomic mass is 9.90. The smallest absolute Gasteiger partial charge is 0.407 e. The van der Waals surface area contributed by atoms with Crippen LogP contribution in [0.3, 0.4) is 0 Å². The SMILES string of the molecule is CCOC(=O)c1cnc(SC)nc1N(C)[C@H]1CC[C@H](NC(=O)OC(C)(C)C)CC1. The molecule has 1 aromatic rings. The molecular formula is C20H32N4O4S. The molecule has 0 atom stereocenters. The highest BCUT2D eigenvalue weighted by Gasteiger charge is 2.29. The molecule has 1 aromatic heterocycles. The van der Waals surface area contributed by atoms with Crippen LogP contribution in [0.25, 0.3) is 0 Å². The Labute approximate surface area is 177 Å². The lowest BCUT2D eigenvalue weighted by molar-refractivity contribution is 0.0487. The number of hydrogen-bond donors (Lipinski definition) is 1. The third kappa shape index (κ3) is 6.76. The van der Waals surface area contributed by atoms with Gasteiger partial charge in [0.25, 0.3) is 0 Å². The van der Waals surface area contributed by atoms with E-state index in [9.17, 15) is 9.59 Å². The first-order valence-electron chi connectivity index (χ1n) is 9.95. The summed E-state index contributed by atoms with van der Waals surface area (Å²) in [5, 5.41) is 3.57. The Balaban J connectivity index is 2.04. The maximum absolute atomic E-state index is 12.3. The molecule has 1 saturated carbocycles. The molecular weight excluding hydrogens is 392 g/mol. The minimum Gasteiger partial charge on any atom is -0.462 e. The van der Waals surface area contributed by atoms with Crippen LogP contribution in [0.15, 0.2) is 11.4 Å². The quantitative estimate of drug-likeness (QED) is 0.420. The van der Waals surface area contributed by atoms with Gasteiger partial charge in [-0.3, -0.25) is 0 Å². The molecule has 1 aliphatic carbocycles. The molecule has 1 N–H and O–H groups in total. The summed E-state index contributed by atoms with van der Waals surface area (Å²) in [5.41, 5.74) is -0.131. The van der Waals surface area contributed by atoms with Gasteiger partial charge < -0.3 is 19.7 Å². The third-order valence-electron chi connectivity index (χ3n) is 4.72. The van der Waals surface area contributed by atoms with Gasteiger partial charge in [0.15, 0.2) is 5.16 Å². The molecule has 1 fully saturated rings. The fourth-order valence-electron chi connectivity index (χ4n) is 3.33. The number of hydrogen-bond acceptors (Lipinski definition) is 8. The Morgan fingerprint density at radius 3 is 2.48 bits per heavy atom. The van der Waals surface area contributed by atoms with Gasteiger partial charge in [0, 0.05) is 25.3 Å². The minimum absolute atomic E-state index is 0.0891. The van der Waals surface area contributed by atoms with E-state index in [1.165, 1.54) is 11.8 Å². The topological polar surface area (TPSA) is 93.6 Å². The van der Waals surface area contributed by atoms with Gasteiger partial charge in [-0.1, -0.05) is 11.8 Å². The van der Waals surface area contributed by atoms with Gasteiger partial charge in [-0.25, -0.2) is 19.6 Å². The van der Waals surface area contributed by atoms with Crippen molar-refractivity contribution in [3.8, 4) is 0 Å². The minimum atomic E-state index is -0.507. The summed E-state index contributed by atoms with van der Waals surface area (Å²) in [6, 6.07) is 0.302. The predicted octanol–water partition coefficient (Wildman–Crippen LogP) is 3.65. The second-order valence-corrected chi connectivity index (χ2v) is 8.85. The molecule has 0 aliphatic heterocycles. The number of carbonyl (C=O) groups is 2. The monoisotopic (exact) mass is 424 g/mol. The molecule has 1 aliphatic rings. The number of carbonyl (C=O) groups excluding carboxylic acids is 2. The second kappa shape index (κ2) is 10.1. The molecule has 1 amide bonds. The molecule has 8 nitrogen and oxygen atoms in total. The van der Waals surface area contributed by atoms with E-state index < -0.39 is 11.6 Å². The van der Waals surface area contributed by atoms with E-state index in [4.69, 9.17) is 9.47 Å². The summed E-state index contributed by atoms with van der Waals surface area (Å²) in [6.07, 6.45) is 6.48. The number of nitrogens with one attached hydrogen (secondary N) is 1. The number of anilines is 1. The van der Waals surface area contributed by atoms with Gasteiger partial charge in [0.05, 0.1) is 6.61 Å². The molecule has 0 saturated heterocycles. The normalized spacial score (nSPS) is 19.4. The zero-order valence-corrected chi connectivity index (χ0v) is 19.0. The van der Waals surface area contributed by atoms with Crippen LogP contribution in [0.1, 0.15) is 63.7 Å². The number of nitrogens with zero attached hydrogens (tertiary/aromatic N) is 3. The number of alkyl carbamates (subject to hydrolysis) is 1. The molecule has 0 unspecified atom stereocenters. The molecule has 2 rings (SSSR count). The molecule has 0 spiro atoms. The predicted molar refractivity (Wildman–Crippen MR) is 114 cm³/mol. The Kier molecular flexibility index (Phi) is 8.13. The lowest BCUT2D eigenvalue weighted by Gasteiger charge is -2.36. The van der Waals surface area contributed by atoms with Crippen LogP contribution in [0.2, 0.25) is 0 Å². The first kappa shape index (κ1) is 23.3. The first-order valence-corrected chi connectivity index (χ1v) is 11.2. The zero-order valence-electron chi connectivity index (χ0n) is 18.2. The van der Waals surface area contributed by atoms with Crippen molar-refractivity contribution >= 4 is 29.6 Å². The van der Waals surface area contributed by atoms with Gasteiger partial charge in [0.2, 0.25) is 0 Å². The Bertz CT molecular complexity index is 715. The summed E-state index contributed by atoms with van der Waals surface area (Å²) in [5.74, 6) is 0.175. The highest BCUT2D eigenvalue weighted by molar-refractivity contribution is 7.98. The molecule has 0 radical (unpaired) electrons. The van der Waals surface area contributed by atoms with Gasteiger partial charge in [0.1, 0.15) is 17.0 Å². The largest absolute Gasteiger partial charge is 0.462 e. The molecule has 9 heteroatoms. The maximum atomic E-state index is 12.3. The zero-order chi connectivity index (χ0) is 21.6. The number of esters is 1. The van der Waals surface area contributed by atoms with Crippen LogP contribution in [0.5, 0.6) is 0 Å². The van der Waals surface area contributed by atoms with Gasteiger partial charge in [-0.2, -0.15) is 0 Å². The maximum Gasteiger partial charge on any atom is 0.407 e. The van der Waals surface area contributed by atoms with Crippen LogP contribution in [-0.4, -0.2) is 59.6 Å². The standard InChI is InChI=1S/C20H32N4O4S/c1-7-27-17(25)15-12-21-18(29-6)23-16(15)24(5)14-10-8-13(9-11-14)22-19(26)28-20(2,3)4/h12-14H,7-11H2,1-6H3,(H,22,26)/t13-,14-. The Hall–Kier alpha value is -2.03. The van der Waals surface area contributed by atoms with Crippen molar-refractivity contribution in [3.63, 3.8) is 0 Å². The van der Waals surface area contributed by atoms with Crippen LogP contribution in [0, 0.1) is 0 Å². The van der Waals surface area contributed by atoms with Crippen molar-refractivity contribution in [2.24, 2.45) is 0 Å². The van der Waals surface area contributed by atoms with E-state index in [0.717, 1.165) is 25.7 Å². The Morgan fingerprint density at radius 1 is 1.28 bits per heavy atom. The van der Waals surface area contributed by atoms with Crippen molar-refractivity contribution in [1.82, 2.24) is 15.3 Å². The van der Waals surface area contributed by atoms with Crippen LogP contribution in [0.4, 0.5) is 10.6 Å². The van der Waals surface area contributed by atoms with Gasteiger partial charge in [-0.15, -0.1) is 0 Å². The Morgan fingerprint density at radius 2 is 1.93 bits per heavy atom. The van der Waals surface area contributed by atoms with E-state index in [2.05, 4.69) is 15.3 Å². The summed E-state index contributed by atoms with van der Waals surface area (Å²) < 4.78 is 10.5. The number of rotatable bonds is 6. The molecule has 0 bridgehead atoms. The fourth-order valence-corrected chi connectivity index (χ4v) is 3.67. The third-order valence-corrected chi connectivity index (χ3v) is 5.29.